The molecule has 0 N–H and O–H groups in total. The molecule has 0 heterocycles. The van der Waals surface area contributed by atoms with E-state index in [4.69, 9.17) is 0 Å². The van der Waals surface area contributed by atoms with Crippen molar-refractivity contribution in [1.82, 2.24) is 0 Å². The van der Waals surface area contributed by atoms with E-state index in [1.807, 2.05) is 25.1 Å². The molecule has 0 saturated heterocycles. The summed E-state index contributed by atoms with van der Waals surface area (Å²) >= 11 is 0. The van der Waals surface area contributed by atoms with E-state index in [9.17, 15) is 5.26 Å². The molecule has 17 heavy (non-hydrogen) atoms. The van der Waals surface area contributed by atoms with Crippen LogP contribution in [0.15, 0.2) is 48.1 Å². The smallest absolute Gasteiger partial charge is 0.0950 e. The summed E-state index contributed by atoms with van der Waals surface area (Å²) in [5, 5.41) is 9.18. The molecule has 0 radical (unpaired) electrons. The molecule has 0 amide bonds. The SMILES string of the molecule is CCC=CCCC(C#N)=C(C)c1ccccc1. The Morgan fingerprint density at radius 3 is 2.53 bits per heavy atom. The van der Waals surface area contributed by atoms with Crippen LogP contribution < -0.4 is 0 Å². The minimum absolute atomic E-state index is 0.827. The highest BCUT2D eigenvalue weighted by Crippen LogP contribution is 2.20. The van der Waals surface area contributed by atoms with Crippen molar-refractivity contribution < 1.29 is 0 Å². The van der Waals surface area contributed by atoms with Crippen molar-refractivity contribution in [2.75, 3.05) is 0 Å². The zero-order valence-electron chi connectivity index (χ0n) is 10.6. The average Bonchev–Trinajstić information content (AvgIpc) is 2.39. The van der Waals surface area contributed by atoms with Gasteiger partial charge in [-0.25, -0.2) is 0 Å². The fourth-order valence-electron chi connectivity index (χ4n) is 1.70. The van der Waals surface area contributed by atoms with E-state index in [2.05, 4.69) is 37.3 Å². The molecule has 1 nitrogen and oxygen atoms in total. The molecule has 0 bridgehead atoms. The van der Waals surface area contributed by atoms with E-state index in [0.29, 0.717) is 0 Å². The standard InChI is InChI=1S/C16H19N/c1-3-4-5-7-12-16(13-17)14(2)15-10-8-6-9-11-15/h4-6,8-11H,3,7,12H2,1-2H3. The van der Waals surface area contributed by atoms with Crippen LogP contribution in [0.5, 0.6) is 0 Å². The molecule has 0 atom stereocenters. The molecule has 1 rings (SSSR count). The van der Waals surface area contributed by atoms with Crippen LogP contribution in [0.3, 0.4) is 0 Å². The molecular formula is C16H19N. The lowest BCUT2D eigenvalue weighted by Crippen LogP contribution is -1.87. The Morgan fingerprint density at radius 2 is 1.94 bits per heavy atom. The Kier molecular flexibility index (Phi) is 5.82. The molecule has 1 heteroatoms. The van der Waals surface area contributed by atoms with Crippen molar-refractivity contribution in [1.29, 1.82) is 5.26 Å². The maximum absolute atomic E-state index is 9.18. The summed E-state index contributed by atoms with van der Waals surface area (Å²) in [4.78, 5) is 0. The van der Waals surface area contributed by atoms with Gasteiger partial charge in [-0.3, -0.25) is 0 Å². The second-order valence-electron chi connectivity index (χ2n) is 4.00. The first kappa shape index (κ1) is 13.3. The topological polar surface area (TPSA) is 23.8 Å². The molecule has 0 unspecified atom stereocenters. The second-order valence-corrected chi connectivity index (χ2v) is 4.00. The second kappa shape index (κ2) is 7.46. The van der Waals surface area contributed by atoms with E-state index >= 15 is 0 Å². The number of rotatable bonds is 5. The lowest BCUT2D eigenvalue weighted by Gasteiger charge is -2.04. The van der Waals surface area contributed by atoms with Crippen LogP contribution in [0.2, 0.25) is 0 Å². The van der Waals surface area contributed by atoms with E-state index in [1.54, 1.807) is 0 Å². The van der Waals surface area contributed by atoms with Gasteiger partial charge < -0.3 is 0 Å². The summed E-state index contributed by atoms with van der Waals surface area (Å²) < 4.78 is 0. The van der Waals surface area contributed by atoms with Gasteiger partial charge in [0, 0.05) is 5.57 Å². The van der Waals surface area contributed by atoms with E-state index < -0.39 is 0 Å². The first-order chi connectivity index (χ1) is 8.29. The van der Waals surface area contributed by atoms with Crippen molar-refractivity contribution >= 4 is 5.57 Å². The lowest BCUT2D eigenvalue weighted by molar-refractivity contribution is 1.00. The van der Waals surface area contributed by atoms with Gasteiger partial charge in [-0.2, -0.15) is 5.26 Å². The Morgan fingerprint density at radius 1 is 1.24 bits per heavy atom. The van der Waals surface area contributed by atoms with Crippen LogP contribution >= 0.6 is 0 Å². The summed E-state index contributed by atoms with van der Waals surface area (Å²) in [6.07, 6.45) is 7.13. The first-order valence-corrected chi connectivity index (χ1v) is 6.09. The van der Waals surface area contributed by atoms with Crippen LogP contribution in [0.4, 0.5) is 0 Å². The predicted molar refractivity (Wildman–Crippen MR) is 73.3 cm³/mol. The molecule has 0 spiro atoms. The van der Waals surface area contributed by atoms with Gasteiger partial charge in [0.1, 0.15) is 0 Å². The van der Waals surface area contributed by atoms with E-state index in [1.165, 1.54) is 0 Å². The van der Waals surface area contributed by atoms with Crippen molar-refractivity contribution in [3.8, 4) is 6.07 Å². The minimum Gasteiger partial charge on any atom is -0.193 e. The van der Waals surface area contributed by atoms with Crippen molar-refractivity contribution in [3.63, 3.8) is 0 Å². The highest BCUT2D eigenvalue weighted by atomic mass is 14.3. The average molecular weight is 225 g/mol. The van der Waals surface area contributed by atoms with Gasteiger partial charge in [-0.15, -0.1) is 0 Å². The number of nitriles is 1. The summed E-state index contributed by atoms with van der Waals surface area (Å²) in [6, 6.07) is 12.4. The quantitative estimate of drug-likeness (QED) is 0.525. The Balaban J connectivity index is 2.78. The fraction of sp³-hybridized carbons (Fsp3) is 0.312. The molecular weight excluding hydrogens is 206 g/mol. The molecule has 0 aromatic heterocycles. The fourth-order valence-corrected chi connectivity index (χ4v) is 1.70. The third kappa shape index (κ3) is 4.28. The number of nitrogens with zero attached hydrogens (tertiary/aromatic N) is 1. The van der Waals surface area contributed by atoms with Gasteiger partial charge in [0.15, 0.2) is 0 Å². The molecule has 0 fully saturated rings. The molecule has 1 aromatic carbocycles. The van der Waals surface area contributed by atoms with Gasteiger partial charge in [0.25, 0.3) is 0 Å². The summed E-state index contributed by atoms with van der Waals surface area (Å²) in [5.74, 6) is 0. The van der Waals surface area contributed by atoms with Crippen molar-refractivity contribution in [2.45, 2.75) is 33.1 Å². The number of hydrogen-bond acceptors (Lipinski definition) is 1. The molecule has 0 aliphatic rings. The summed E-state index contributed by atoms with van der Waals surface area (Å²) in [6.45, 7) is 4.14. The molecule has 1 aromatic rings. The van der Waals surface area contributed by atoms with E-state index in [0.717, 1.165) is 36.0 Å². The van der Waals surface area contributed by atoms with Gasteiger partial charge >= 0.3 is 0 Å². The Labute approximate surface area is 104 Å². The molecule has 88 valence electrons. The Hall–Kier alpha value is -1.81. The maximum atomic E-state index is 9.18. The number of hydrogen-bond donors (Lipinski definition) is 0. The van der Waals surface area contributed by atoms with Crippen molar-refractivity contribution in [3.05, 3.63) is 53.6 Å². The molecule has 0 aliphatic carbocycles. The van der Waals surface area contributed by atoms with Crippen LogP contribution in [0.1, 0.15) is 38.7 Å². The molecule has 0 aliphatic heterocycles. The van der Waals surface area contributed by atoms with Crippen LogP contribution in [0.25, 0.3) is 5.57 Å². The summed E-state index contributed by atoms with van der Waals surface area (Å²) in [7, 11) is 0. The predicted octanol–water partition coefficient (Wildman–Crippen LogP) is 4.73. The van der Waals surface area contributed by atoms with Gasteiger partial charge in [-0.05, 0) is 37.3 Å². The number of benzene rings is 1. The van der Waals surface area contributed by atoms with Gasteiger partial charge in [-0.1, -0.05) is 49.4 Å². The van der Waals surface area contributed by atoms with Crippen molar-refractivity contribution in [2.24, 2.45) is 0 Å². The highest BCUT2D eigenvalue weighted by Gasteiger charge is 2.03. The molecule has 0 saturated carbocycles. The monoisotopic (exact) mass is 225 g/mol. The lowest BCUT2D eigenvalue weighted by atomic mass is 9.99. The number of allylic oxidation sites excluding steroid dienone is 4. The third-order valence-electron chi connectivity index (χ3n) is 2.76. The van der Waals surface area contributed by atoms with Gasteiger partial charge in [0.05, 0.1) is 6.07 Å². The normalized spacial score (nSPS) is 12.3. The van der Waals surface area contributed by atoms with Crippen LogP contribution in [-0.2, 0) is 0 Å². The van der Waals surface area contributed by atoms with Crippen LogP contribution in [0, 0.1) is 11.3 Å². The third-order valence-corrected chi connectivity index (χ3v) is 2.76. The highest BCUT2D eigenvalue weighted by molar-refractivity contribution is 5.69. The first-order valence-electron chi connectivity index (χ1n) is 6.09. The van der Waals surface area contributed by atoms with Crippen LogP contribution in [-0.4, -0.2) is 0 Å². The zero-order valence-corrected chi connectivity index (χ0v) is 10.6. The van der Waals surface area contributed by atoms with E-state index in [-0.39, 0.29) is 0 Å². The largest absolute Gasteiger partial charge is 0.193 e. The zero-order chi connectivity index (χ0) is 12.5. The Bertz CT molecular complexity index is 432. The summed E-state index contributed by atoms with van der Waals surface area (Å²) in [5.41, 5.74) is 3.12. The minimum atomic E-state index is 0.827. The maximum Gasteiger partial charge on any atom is 0.0950 e. The van der Waals surface area contributed by atoms with Gasteiger partial charge in [0.2, 0.25) is 0 Å².